The third-order valence-electron chi connectivity index (χ3n) is 29.2. The minimum atomic E-state index is -1.61. The van der Waals surface area contributed by atoms with Gasteiger partial charge in [-0.3, -0.25) is 11.8 Å². The van der Waals surface area contributed by atoms with E-state index in [-0.39, 0.29) is 36.2 Å². The summed E-state index contributed by atoms with van der Waals surface area (Å²) in [5, 5.41) is 0. The van der Waals surface area contributed by atoms with Gasteiger partial charge < -0.3 is 17.3 Å². The Morgan fingerprint density at radius 1 is 0.402 bits per heavy atom. The fourth-order valence-corrected chi connectivity index (χ4v) is 44.2. The molecule has 1 aliphatic heterocycles. The summed E-state index contributed by atoms with van der Waals surface area (Å²) in [5.41, 5.74) is 21.8. The molecule has 0 radical (unpaired) electrons. The molecule has 4 atom stereocenters. The second-order valence-electron chi connectivity index (χ2n) is 36.1. The van der Waals surface area contributed by atoms with Crippen LogP contribution in [0, 0.1) is 31.6 Å². The van der Waals surface area contributed by atoms with Gasteiger partial charge in [-0.2, -0.15) is 10.4 Å². The van der Waals surface area contributed by atoms with E-state index in [2.05, 4.69) is 88.4 Å². The van der Waals surface area contributed by atoms with Crippen molar-refractivity contribution in [3.8, 4) is 0 Å². The van der Waals surface area contributed by atoms with Gasteiger partial charge in [-0.05, 0) is 319 Å². The van der Waals surface area contributed by atoms with Crippen molar-refractivity contribution in [1.82, 2.24) is 4.90 Å². The van der Waals surface area contributed by atoms with E-state index in [1.807, 2.05) is 93.0 Å². The third kappa shape index (κ3) is 32.7. The monoisotopic (exact) mass is 1900 g/mol. The molecule has 2 heterocycles. The van der Waals surface area contributed by atoms with Gasteiger partial charge in [0.15, 0.2) is 11.7 Å². The van der Waals surface area contributed by atoms with Crippen LogP contribution in [-0.4, -0.2) is 71.1 Å². The van der Waals surface area contributed by atoms with Crippen LogP contribution in [0.4, 0.5) is 0 Å². The van der Waals surface area contributed by atoms with Gasteiger partial charge >= 0.3 is 147 Å². The summed E-state index contributed by atoms with van der Waals surface area (Å²) in [5.74, 6) is 3.98. The molecule has 640 valence electrons. The van der Waals surface area contributed by atoms with Crippen molar-refractivity contribution in [3.05, 3.63) is 128 Å². The number of rotatable bonds is 17. The van der Waals surface area contributed by atoms with E-state index in [1.54, 1.807) is 300 Å². The second kappa shape index (κ2) is 56.8. The van der Waals surface area contributed by atoms with E-state index in [4.69, 9.17) is 38.8 Å². The van der Waals surface area contributed by atoms with E-state index in [0.29, 0.717) is 12.1 Å². The molecule has 0 bridgehead atoms. The van der Waals surface area contributed by atoms with Gasteiger partial charge in [0.05, 0.1) is 55.8 Å². The first-order valence-corrected chi connectivity index (χ1v) is 64.9. The molecule has 1 aromatic heterocycles. The number of benzene rings is 2. The van der Waals surface area contributed by atoms with E-state index in [0.717, 1.165) is 23.0 Å². The van der Waals surface area contributed by atoms with E-state index >= 15 is 0 Å². The zero-order valence-corrected chi connectivity index (χ0v) is 83.9. The van der Waals surface area contributed by atoms with Crippen molar-refractivity contribution in [2.24, 2.45) is 11.8 Å². The van der Waals surface area contributed by atoms with E-state index in [1.165, 1.54) is 123 Å². The molecule has 0 saturated heterocycles. The molecule has 12 aliphatic rings. The van der Waals surface area contributed by atoms with Gasteiger partial charge in [-0.1, -0.05) is 121 Å². The number of aromatic nitrogens is 1. The number of thiazole rings is 1. The van der Waals surface area contributed by atoms with E-state index in [9.17, 15) is 0 Å². The number of allylic oxidation sites excluding steroid dienone is 5. The maximum absolute atomic E-state index is 5.67. The summed E-state index contributed by atoms with van der Waals surface area (Å²) < 4.78 is 6.38. The van der Waals surface area contributed by atoms with Crippen LogP contribution in [0.15, 0.2) is 100 Å². The molecule has 14 heteroatoms. The fraction of sp³-hybridized carbons (Fsp3) is 0.755. The minimum absolute atomic E-state index is 0. The molecule has 112 heavy (non-hydrogen) atoms. The zero-order chi connectivity index (χ0) is 78.4. The van der Waals surface area contributed by atoms with Gasteiger partial charge in [0, 0.05) is 42.6 Å². The van der Waals surface area contributed by atoms with Crippen molar-refractivity contribution in [1.29, 1.82) is 0 Å². The van der Waals surface area contributed by atoms with Crippen molar-refractivity contribution in [2.45, 2.75) is 459 Å². The number of aryl methyl sites for hydroxylation is 1. The molecule has 9 saturated carbocycles. The summed E-state index contributed by atoms with van der Waals surface area (Å²) in [6.45, 7) is 18.3. The Kier molecular flexibility index (Phi) is 50.0. The third-order valence-corrected chi connectivity index (χ3v) is 48.6. The van der Waals surface area contributed by atoms with Gasteiger partial charge in [-0.15, -0.1) is 0 Å². The fourth-order valence-electron chi connectivity index (χ4n) is 23.2. The molecule has 9 fully saturated rings. The van der Waals surface area contributed by atoms with Crippen LogP contribution >= 0.6 is 85.6 Å². The number of thioether (sulfide) groups is 1. The summed E-state index contributed by atoms with van der Waals surface area (Å²) in [7, 11) is 22.5. The molecule has 0 amide bonds. The molecule has 3 aromatic rings. The molecule has 0 unspecified atom stereocenters. The molecule has 0 spiro atoms. The Bertz CT molecular complexity index is 2830. The van der Waals surface area contributed by atoms with Crippen LogP contribution < -0.4 is 17.0 Å². The summed E-state index contributed by atoms with van der Waals surface area (Å²) in [6, 6.07) is 21.0. The molecule has 2 nitrogen and oxygen atoms in total. The molecular weight excluding hydrogens is 1740 g/mol. The maximum atomic E-state index is 5.67. The molecule has 11 aliphatic carbocycles. The number of hydrogen-bond donors (Lipinski definition) is 0. The standard InChI is InChI=1S/3C18H33P.2C15H24NS.2C7H6.5ClH.2Ru/c3*1-4-10-16(11-5-1)19(17-12-6-2-7-13-17)18-14-8-3-9-15-18;2*1-5-13-8-7-9-14(6-2)15(13)16-10-17-12(4)11(16)3;2*1-7-5-3-2-4-6-7;;;;;;;/h3*16-18H,1-15H2;2*8,10,14-15H,5-7,9H2,1-4H3;2*1-6H;5*1H;;/q;;;-1;+1;;;;;;;;2*+2/p-2/t;;;2*14-,15+;;;;;;;;;/m...11........./s1. The van der Waals surface area contributed by atoms with Crippen LogP contribution in [0.25, 0.3) is 0 Å². The molecule has 15 rings (SSSR count). The first kappa shape index (κ1) is 98.6. The van der Waals surface area contributed by atoms with Gasteiger partial charge in [-0.25, -0.2) is 0 Å². The SMILES string of the molecule is C1CCC([PH+](C2CCCCC2)C2CCCCC2)CC1.C1CCC([PH+](C2CCCCC2)C2CCCCC2)CC1.C1CCC([PH+](C2CCCCC2)C2CCCCC2)CC1.CCC1=CCC[C@@H](CC)[C@H]1N1[CH-]SC(C)=C1C.CCC1=CCC[C@@H](CC)[C@H]1[n+]1csc(C)c1C.[Cl-].[Cl][Ru]([Cl])=[CH]c1ccccc1.[Cl][Ru]([Cl])=[CH]c1ccccc1. The first-order chi connectivity index (χ1) is 54.3. The Morgan fingerprint density at radius 3 is 0.929 bits per heavy atom. The van der Waals surface area contributed by atoms with Gasteiger partial charge in [0.1, 0.15) is 0 Å². The summed E-state index contributed by atoms with van der Waals surface area (Å²) in [6.07, 6.45) is 86.6. The molecule has 2 aromatic carbocycles. The van der Waals surface area contributed by atoms with Gasteiger partial charge in [0.25, 0.3) is 0 Å². The van der Waals surface area contributed by atoms with Crippen LogP contribution in [0.2, 0.25) is 0 Å². The van der Waals surface area contributed by atoms with Crippen LogP contribution in [0.3, 0.4) is 0 Å². The zero-order valence-electron chi connectivity index (χ0n) is 72.0. The van der Waals surface area contributed by atoms with Crippen molar-refractivity contribution < 1.29 is 44.0 Å². The Morgan fingerprint density at radius 2 is 0.688 bits per heavy atom. The van der Waals surface area contributed by atoms with E-state index < -0.39 is 27.0 Å². The average Bonchev–Trinajstić information content (AvgIpc) is 1.64. The molecular formula is C98H162Cl5N2P3Ru2S2+2. The van der Waals surface area contributed by atoms with Crippen molar-refractivity contribution in [3.63, 3.8) is 0 Å². The predicted octanol–water partition coefficient (Wildman–Crippen LogP) is 30.4. The summed E-state index contributed by atoms with van der Waals surface area (Å²) >= 11 is 0.541. The van der Waals surface area contributed by atoms with Crippen molar-refractivity contribution in [2.75, 3.05) is 0 Å². The van der Waals surface area contributed by atoms with Crippen LogP contribution in [0.5, 0.6) is 0 Å². The Hall–Kier alpha value is 1.17. The number of halogens is 5. The first-order valence-electron chi connectivity index (χ1n) is 47.0. The normalized spacial score (nSPS) is 24.9. The topological polar surface area (TPSA) is 7.12 Å². The summed E-state index contributed by atoms with van der Waals surface area (Å²) in [4.78, 5) is 5.45. The van der Waals surface area contributed by atoms with Gasteiger partial charge in [0.2, 0.25) is 5.51 Å². The molecule has 0 N–H and O–H groups in total. The van der Waals surface area contributed by atoms with Crippen LogP contribution in [0.1, 0.15) is 410 Å². The Balaban J connectivity index is 0.000000166. The number of nitrogens with zero attached hydrogens (tertiary/aromatic N) is 2. The quantitative estimate of drug-likeness (QED) is 0.0437. The average molecular weight is 1900 g/mol. The predicted molar refractivity (Wildman–Crippen MR) is 505 cm³/mol. The second-order valence-corrected chi connectivity index (χ2v) is 60.1. The van der Waals surface area contributed by atoms with Crippen molar-refractivity contribution >= 4 is 94.8 Å². The Labute approximate surface area is 734 Å². The van der Waals surface area contributed by atoms with Crippen LogP contribution in [-0.2, 0) is 27.0 Å². The number of hydrogen-bond acceptors (Lipinski definition) is 3.